The first-order valence-corrected chi connectivity index (χ1v) is 7.77. The molecule has 0 N–H and O–H groups in total. The van der Waals surface area contributed by atoms with E-state index in [9.17, 15) is 4.79 Å². The monoisotopic (exact) mass is 320 g/mol. The number of cyclic esters (lactones) is 1. The first kappa shape index (κ1) is 14.4. The van der Waals surface area contributed by atoms with Crippen molar-refractivity contribution in [2.45, 2.75) is 12.6 Å². The molecule has 1 amide bonds. The van der Waals surface area contributed by atoms with Crippen LogP contribution in [0.25, 0.3) is 11.3 Å². The normalized spacial score (nSPS) is 17.1. The number of anilines is 1. The van der Waals surface area contributed by atoms with Gasteiger partial charge in [-0.25, -0.2) is 4.79 Å². The summed E-state index contributed by atoms with van der Waals surface area (Å²) in [6.45, 7) is 1.03. The Hall–Kier alpha value is -3.15. The molecule has 1 fully saturated rings. The lowest BCUT2D eigenvalue weighted by molar-refractivity contribution is 0.130. The van der Waals surface area contributed by atoms with Crippen LogP contribution in [0.4, 0.5) is 10.5 Å². The number of rotatable bonds is 4. The van der Waals surface area contributed by atoms with Crippen molar-refractivity contribution >= 4 is 11.8 Å². The van der Waals surface area contributed by atoms with Gasteiger partial charge in [-0.3, -0.25) is 14.6 Å². The van der Waals surface area contributed by atoms with E-state index < -0.39 is 0 Å². The Morgan fingerprint density at radius 2 is 1.83 bits per heavy atom. The van der Waals surface area contributed by atoms with Crippen molar-refractivity contribution < 1.29 is 9.53 Å². The molecule has 1 aliphatic heterocycles. The quantitative estimate of drug-likeness (QED) is 0.741. The minimum Gasteiger partial charge on any atom is -0.442 e. The molecule has 1 aliphatic rings. The second-order valence-corrected chi connectivity index (χ2v) is 5.59. The Bertz CT molecular complexity index is 832. The molecule has 6 heteroatoms. The van der Waals surface area contributed by atoms with E-state index in [4.69, 9.17) is 4.74 Å². The first-order valence-electron chi connectivity index (χ1n) is 7.77. The molecule has 0 unspecified atom stereocenters. The fraction of sp³-hybridized carbons (Fsp3) is 0.167. The van der Waals surface area contributed by atoms with Crippen LogP contribution >= 0.6 is 0 Å². The number of hydrogen-bond donors (Lipinski definition) is 0. The summed E-state index contributed by atoms with van der Waals surface area (Å²) < 4.78 is 7.37. The molecule has 1 saturated heterocycles. The summed E-state index contributed by atoms with van der Waals surface area (Å²) >= 11 is 0. The second kappa shape index (κ2) is 6.16. The lowest BCUT2D eigenvalue weighted by Gasteiger charge is -2.13. The molecule has 1 atom stereocenters. The van der Waals surface area contributed by atoms with Crippen LogP contribution in [0.1, 0.15) is 0 Å². The molecule has 2 aromatic heterocycles. The van der Waals surface area contributed by atoms with Crippen LogP contribution in [0, 0.1) is 0 Å². The van der Waals surface area contributed by atoms with Gasteiger partial charge < -0.3 is 4.74 Å². The molecule has 0 spiro atoms. The number of carbonyl (C=O) groups excluding carboxylic acids is 1. The summed E-state index contributed by atoms with van der Waals surface area (Å²) in [5, 5.41) is 4.37. The predicted octanol–water partition coefficient (Wildman–Crippen LogP) is 2.97. The Labute approximate surface area is 139 Å². The van der Waals surface area contributed by atoms with E-state index in [0.717, 1.165) is 16.9 Å². The number of benzene rings is 1. The summed E-state index contributed by atoms with van der Waals surface area (Å²) in [5.74, 6) is 0. The third-order valence-electron chi connectivity index (χ3n) is 4.01. The molecule has 4 rings (SSSR count). The van der Waals surface area contributed by atoms with Crippen LogP contribution in [0.2, 0.25) is 0 Å². The average molecular weight is 320 g/mol. The van der Waals surface area contributed by atoms with Crippen LogP contribution in [-0.2, 0) is 11.3 Å². The van der Waals surface area contributed by atoms with Gasteiger partial charge in [0, 0.05) is 29.8 Å². The highest BCUT2D eigenvalue weighted by Crippen LogP contribution is 2.23. The number of carbonyl (C=O) groups is 1. The van der Waals surface area contributed by atoms with Crippen molar-refractivity contribution in [1.29, 1.82) is 0 Å². The van der Waals surface area contributed by atoms with Crippen molar-refractivity contribution in [3.63, 3.8) is 0 Å². The maximum Gasteiger partial charge on any atom is 0.414 e. The predicted molar refractivity (Wildman–Crippen MR) is 89.5 cm³/mol. The minimum atomic E-state index is -0.316. The van der Waals surface area contributed by atoms with Gasteiger partial charge in [0.2, 0.25) is 0 Å². The molecule has 0 radical (unpaired) electrons. The van der Waals surface area contributed by atoms with Crippen LogP contribution < -0.4 is 4.90 Å². The Morgan fingerprint density at radius 1 is 1.04 bits per heavy atom. The number of aromatic nitrogens is 3. The van der Waals surface area contributed by atoms with Crippen LogP contribution in [-0.4, -0.2) is 33.5 Å². The van der Waals surface area contributed by atoms with E-state index in [1.54, 1.807) is 23.5 Å². The third kappa shape index (κ3) is 2.74. The van der Waals surface area contributed by atoms with E-state index in [1.807, 2.05) is 53.2 Å². The molecule has 3 aromatic rings. The molecular weight excluding hydrogens is 304 g/mol. The number of nitrogens with zero attached hydrogens (tertiary/aromatic N) is 4. The molecule has 3 heterocycles. The maximum absolute atomic E-state index is 12.1. The zero-order valence-corrected chi connectivity index (χ0v) is 12.9. The summed E-state index contributed by atoms with van der Waals surface area (Å²) in [6.07, 6.45) is 4.70. The molecule has 0 aliphatic carbocycles. The van der Waals surface area contributed by atoms with Gasteiger partial charge in [0.1, 0.15) is 6.10 Å². The van der Waals surface area contributed by atoms with Gasteiger partial charge in [0.25, 0.3) is 0 Å². The number of ether oxygens (including phenoxy) is 1. The Morgan fingerprint density at radius 3 is 2.62 bits per heavy atom. The molecule has 1 aromatic carbocycles. The molecule has 6 nitrogen and oxygen atoms in total. The Kier molecular flexibility index (Phi) is 3.70. The van der Waals surface area contributed by atoms with Gasteiger partial charge in [0.15, 0.2) is 0 Å². The summed E-state index contributed by atoms with van der Waals surface area (Å²) in [6, 6.07) is 15.4. The largest absolute Gasteiger partial charge is 0.442 e. The first-order chi connectivity index (χ1) is 11.8. The van der Waals surface area contributed by atoms with E-state index in [-0.39, 0.29) is 12.2 Å². The van der Waals surface area contributed by atoms with Gasteiger partial charge >= 0.3 is 6.09 Å². The van der Waals surface area contributed by atoms with Crippen LogP contribution in [0.3, 0.4) is 0 Å². The third-order valence-corrected chi connectivity index (χ3v) is 4.01. The average Bonchev–Trinajstić information content (AvgIpc) is 3.23. The van der Waals surface area contributed by atoms with E-state index >= 15 is 0 Å². The smallest absolute Gasteiger partial charge is 0.414 e. The molecular formula is C18H16N4O2. The highest BCUT2D eigenvalue weighted by molar-refractivity contribution is 5.89. The van der Waals surface area contributed by atoms with Crippen molar-refractivity contribution in [2.75, 3.05) is 11.4 Å². The van der Waals surface area contributed by atoms with Gasteiger partial charge in [-0.15, -0.1) is 0 Å². The van der Waals surface area contributed by atoms with Crippen LogP contribution in [0.15, 0.2) is 67.1 Å². The fourth-order valence-electron chi connectivity index (χ4n) is 2.87. The van der Waals surface area contributed by atoms with E-state index in [2.05, 4.69) is 10.1 Å². The zero-order chi connectivity index (χ0) is 16.4. The van der Waals surface area contributed by atoms with Gasteiger partial charge in [0.05, 0.1) is 18.8 Å². The molecule has 120 valence electrons. The highest BCUT2D eigenvalue weighted by Gasteiger charge is 2.32. The lowest BCUT2D eigenvalue weighted by Crippen LogP contribution is -2.26. The molecule has 0 bridgehead atoms. The van der Waals surface area contributed by atoms with Crippen LogP contribution in [0.5, 0.6) is 0 Å². The van der Waals surface area contributed by atoms with E-state index in [0.29, 0.717) is 13.1 Å². The summed E-state index contributed by atoms with van der Waals surface area (Å²) in [7, 11) is 0. The number of amides is 1. The zero-order valence-electron chi connectivity index (χ0n) is 12.9. The fourth-order valence-corrected chi connectivity index (χ4v) is 2.87. The molecule has 0 saturated carbocycles. The second-order valence-electron chi connectivity index (χ2n) is 5.59. The minimum absolute atomic E-state index is 0.238. The van der Waals surface area contributed by atoms with Crippen molar-refractivity contribution in [1.82, 2.24) is 14.8 Å². The van der Waals surface area contributed by atoms with Crippen molar-refractivity contribution in [2.24, 2.45) is 0 Å². The number of para-hydroxylation sites is 1. The van der Waals surface area contributed by atoms with Crippen molar-refractivity contribution in [3.8, 4) is 11.3 Å². The lowest BCUT2D eigenvalue weighted by atomic mass is 10.2. The maximum atomic E-state index is 12.1. The highest BCUT2D eigenvalue weighted by atomic mass is 16.6. The number of pyridine rings is 1. The SMILES string of the molecule is O=C1O[C@H](Cn2nccc2-c2ccncc2)CN1c1ccccc1. The summed E-state index contributed by atoms with van der Waals surface area (Å²) in [4.78, 5) is 17.8. The van der Waals surface area contributed by atoms with E-state index in [1.165, 1.54) is 0 Å². The van der Waals surface area contributed by atoms with Gasteiger partial charge in [-0.2, -0.15) is 5.10 Å². The van der Waals surface area contributed by atoms with Gasteiger partial charge in [-0.05, 0) is 30.3 Å². The summed E-state index contributed by atoms with van der Waals surface area (Å²) in [5.41, 5.74) is 2.86. The van der Waals surface area contributed by atoms with Gasteiger partial charge in [-0.1, -0.05) is 18.2 Å². The Balaban J connectivity index is 1.52. The van der Waals surface area contributed by atoms with Crippen molar-refractivity contribution in [3.05, 3.63) is 67.1 Å². The topological polar surface area (TPSA) is 60.3 Å². The molecule has 24 heavy (non-hydrogen) atoms. The standard InChI is InChI=1S/C18H16N4O2/c23-18-21(15-4-2-1-3-5-15)12-16(24-18)13-22-17(8-11-20-22)14-6-9-19-10-7-14/h1-11,16H,12-13H2/t16-/m0/s1. The number of hydrogen-bond acceptors (Lipinski definition) is 4.